The first kappa shape index (κ1) is 27.5. The number of halogens is 3. The zero-order chi connectivity index (χ0) is 24.6. The second-order valence-electron chi connectivity index (χ2n) is 8.03. The molecule has 8 nitrogen and oxygen atoms in total. The van der Waals surface area contributed by atoms with Crippen LogP contribution in [0.25, 0.3) is 0 Å². The van der Waals surface area contributed by atoms with Crippen LogP contribution in [0.1, 0.15) is 52.5 Å². The van der Waals surface area contributed by atoms with Crippen LogP contribution in [0.15, 0.2) is 24.3 Å². The molecule has 0 aliphatic rings. The molecule has 1 atom stereocenters. The molecule has 0 heterocycles. The molecule has 0 aliphatic carbocycles. The molecule has 0 saturated heterocycles. The lowest BCUT2D eigenvalue weighted by molar-refractivity contribution is -0.123. The molecule has 0 spiro atoms. The van der Waals surface area contributed by atoms with Crippen molar-refractivity contribution < 1.29 is 40.1 Å². The number of rotatable bonds is 10. The van der Waals surface area contributed by atoms with Crippen molar-refractivity contribution in [1.29, 1.82) is 0 Å². The summed E-state index contributed by atoms with van der Waals surface area (Å²) in [7, 11) is -5.79. The maximum absolute atomic E-state index is 12.6. The summed E-state index contributed by atoms with van der Waals surface area (Å²) < 4.78 is 68.7. The van der Waals surface area contributed by atoms with Crippen LogP contribution in [0.5, 0.6) is 5.75 Å². The number of hydrogen-bond acceptors (Lipinski definition) is 6. The van der Waals surface area contributed by atoms with Gasteiger partial charge in [0.15, 0.2) is 0 Å². The number of alkyl carbamates (subject to hydrolysis) is 1. The number of amides is 2. The number of unbranched alkanes of at least 4 members (excludes halogenated alkanes) is 2. The van der Waals surface area contributed by atoms with E-state index < -0.39 is 45.0 Å². The quantitative estimate of drug-likeness (QED) is 0.299. The molecule has 0 aliphatic heterocycles. The maximum atomic E-state index is 12.6. The summed E-state index contributed by atoms with van der Waals surface area (Å²) in [4.78, 5) is 24.7. The van der Waals surface area contributed by atoms with E-state index in [1.807, 2.05) is 6.92 Å². The highest BCUT2D eigenvalue weighted by Crippen LogP contribution is 2.27. The van der Waals surface area contributed by atoms with Crippen molar-refractivity contribution >= 4 is 22.1 Å². The Morgan fingerprint density at radius 3 is 2.16 bits per heavy atom. The van der Waals surface area contributed by atoms with Gasteiger partial charge in [-0.3, -0.25) is 4.79 Å². The summed E-state index contributed by atoms with van der Waals surface area (Å²) >= 11 is 0. The van der Waals surface area contributed by atoms with E-state index in [4.69, 9.17) is 4.74 Å². The number of carbonyl (C=O) groups excluding carboxylic acids is 2. The van der Waals surface area contributed by atoms with Gasteiger partial charge in [0.25, 0.3) is 0 Å². The number of alkyl halides is 3. The Morgan fingerprint density at radius 2 is 1.66 bits per heavy atom. The molecule has 0 radical (unpaired) electrons. The fraction of sp³-hybridized carbons (Fsp3) is 0.600. The van der Waals surface area contributed by atoms with Gasteiger partial charge in [0.2, 0.25) is 5.91 Å². The highest BCUT2D eigenvalue weighted by atomic mass is 32.2. The summed E-state index contributed by atoms with van der Waals surface area (Å²) in [5.74, 6) is -0.987. The van der Waals surface area contributed by atoms with Gasteiger partial charge < -0.3 is 19.6 Å². The van der Waals surface area contributed by atoms with Gasteiger partial charge in [0.05, 0.1) is 0 Å². The molecule has 0 saturated carbocycles. The summed E-state index contributed by atoms with van der Waals surface area (Å²) in [6, 6.07) is 3.65. The number of benzene rings is 1. The van der Waals surface area contributed by atoms with Gasteiger partial charge in [0.1, 0.15) is 17.4 Å². The van der Waals surface area contributed by atoms with Crippen molar-refractivity contribution in [3.05, 3.63) is 29.8 Å². The molecule has 1 aromatic carbocycles. The van der Waals surface area contributed by atoms with Gasteiger partial charge in [-0.2, -0.15) is 21.6 Å². The molecule has 32 heavy (non-hydrogen) atoms. The van der Waals surface area contributed by atoms with Crippen molar-refractivity contribution in [1.82, 2.24) is 10.6 Å². The molecule has 2 N–H and O–H groups in total. The molecular formula is C20H29F3N2O6S. The van der Waals surface area contributed by atoms with Gasteiger partial charge in [-0.25, -0.2) is 4.79 Å². The third-order valence-corrected chi connectivity index (χ3v) is 4.92. The third-order valence-electron chi connectivity index (χ3n) is 3.94. The summed E-state index contributed by atoms with van der Waals surface area (Å²) in [6.45, 7) is 7.43. The molecular weight excluding hydrogens is 453 g/mol. The molecule has 0 unspecified atom stereocenters. The Hall–Kier alpha value is -2.50. The van der Waals surface area contributed by atoms with Crippen molar-refractivity contribution in [2.45, 2.75) is 70.5 Å². The average Bonchev–Trinajstić information content (AvgIpc) is 2.63. The second-order valence-corrected chi connectivity index (χ2v) is 9.57. The fourth-order valence-corrected chi connectivity index (χ4v) is 2.92. The molecule has 2 amide bonds. The number of nitrogens with one attached hydrogen (secondary N) is 2. The molecule has 12 heteroatoms. The van der Waals surface area contributed by atoms with E-state index in [0.29, 0.717) is 12.1 Å². The minimum absolute atomic E-state index is 0.00877. The van der Waals surface area contributed by atoms with E-state index in [0.717, 1.165) is 31.4 Å². The largest absolute Gasteiger partial charge is 0.534 e. The Bertz CT molecular complexity index is 865. The van der Waals surface area contributed by atoms with E-state index in [-0.39, 0.29) is 6.42 Å². The van der Waals surface area contributed by atoms with Gasteiger partial charge in [-0.05, 0) is 44.9 Å². The first-order chi connectivity index (χ1) is 14.6. The highest BCUT2D eigenvalue weighted by Gasteiger charge is 2.48. The summed E-state index contributed by atoms with van der Waals surface area (Å²) in [5, 5.41) is 5.21. The van der Waals surface area contributed by atoms with Crippen LogP contribution in [-0.2, 0) is 26.1 Å². The average molecular weight is 483 g/mol. The van der Waals surface area contributed by atoms with Gasteiger partial charge in [0, 0.05) is 13.0 Å². The first-order valence-corrected chi connectivity index (χ1v) is 11.4. The lowest BCUT2D eigenvalue weighted by Crippen LogP contribution is -2.49. The summed E-state index contributed by atoms with van der Waals surface area (Å²) in [5.41, 5.74) is -5.88. The fourth-order valence-electron chi connectivity index (χ4n) is 2.46. The van der Waals surface area contributed by atoms with E-state index in [1.165, 1.54) is 12.1 Å². The smallest absolute Gasteiger partial charge is 0.444 e. The van der Waals surface area contributed by atoms with Crippen LogP contribution < -0.4 is 14.8 Å². The summed E-state index contributed by atoms with van der Waals surface area (Å²) in [6.07, 6.45) is 1.84. The topological polar surface area (TPSA) is 111 Å². The minimum Gasteiger partial charge on any atom is -0.444 e. The lowest BCUT2D eigenvalue weighted by atomic mass is 10.0. The monoisotopic (exact) mass is 482 g/mol. The van der Waals surface area contributed by atoms with Gasteiger partial charge in [-0.15, -0.1) is 0 Å². The number of ether oxygens (including phenoxy) is 1. The van der Waals surface area contributed by atoms with Crippen molar-refractivity contribution in [2.24, 2.45) is 0 Å². The van der Waals surface area contributed by atoms with E-state index in [2.05, 4.69) is 14.8 Å². The second kappa shape index (κ2) is 11.4. The zero-order valence-corrected chi connectivity index (χ0v) is 19.2. The van der Waals surface area contributed by atoms with Crippen LogP contribution in [0.4, 0.5) is 18.0 Å². The van der Waals surface area contributed by atoms with Gasteiger partial charge >= 0.3 is 21.7 Å². The Balaban J connectivity index is 2.91. The Labute approximate surface area is 186 Å². The van der Waals surface area contributed by atoms with Crippen LogP contribution >= 0.6 is 0 Å². The lowest BCUT2D eigenvalue weighted by Gasteiger charge is -2.23. The molecule has 182 valence electrons. The van der Waals surface area contributed by atoms with E-state index >= 15 is 0 Å². The van der Waals surface area contributed by atoms with Crippen molar-refractivity contribution in [2.75, 3.05) is 6.54 Å². The predicted molar refractivity (Wildman–Crippen MR) is 111 cm³/mol. The van der Waals surface area contributed by atoms with Crippen LogP contribution in [0.3, 0.4) is 0 Å². The SMILES string of the molecule is CCCCCNC(=O)[C@H](Cc1ccc(OS(=O)(=O)C(F)(F)F)cc1)NC(=O)OC(C)(C)C. The first-order valence-electron chi connectivity index (χ1n) is 10.0. The van der Waals surface area contributed by atoms with Crippen molar-refractivity contribution in [3.63, 3.8) is 0 Å². The van der Waals surface area contributed by atoms with E-state index in [9.17, 15) is 31.2 Å². The van der Waals surface area contributed by atoms with Crippen LogP contribution in [0.2, 0.25) is 0 Å². The number of carbonyl (C=O) groups is 2. The standard InChI is InChI=1S/C20H29F3N2O6S/c1-5-6-7-12-24-17(26)16(25-18(27)30-19(2,3)4)13-14-8-10-15(11-9-14)31-32(28,29)20(21,22)23/h8-11,16H,5-7,12-13H2,1-4H3,(H,24,26)(H,25,27)/t16-/m0/s1. The third kappa shape index (κ3) is 9.75. The Morgan fingerprint density at radius 1 is 1.06 bits per heavy atom. The molecule has 1 rings (SSSR count). The van der Waals surface area contributed by atoms with Crippen LogP contribution in [-0.4, -0.2) is 44.1 Å². The molecule has 0 fully saturated rings. The normalized spacial score (nSPS) is 13.2. The molecule has 0 bridgehead atoms. The highest BCUT2D eigenvalue weighted by molar-refractivity contribution is 7.88. The number of hydrogen-bond donors (Lipinski definition) is 2. The maximum Gasteiger partial charge on any atom is 0.534 e. The Kier molecular flexibility index (Phi) is 9.80. The zero-order valence-electron chi connectivity index (χ0n) is 18.4. The van der Waals surface area contributed by atoms with Crippen LogP contribution in [0, 0.1) is 0 Å². The molecule has 0 aromatic heterocycles. The van der Waals surface area contributed by atoms with E-state index in [1.54, 1.807) is 20.8 Å². The van der Waals surface area contributed by atoms with Gasteiger partial charge in [-0.1, -0.05) is 31.9 Å². The minimum atomic E-state index is -5.79. The van der Waals surface area contributed by atoms with Crippen molar-refractivity contribution in [3.8, 4) is 5.75 Å². The predicted octanol–water partition coefficient (Wildman–Crippen LogP) is 3.66. The molecule has 1 aromatic rings.